The molecule has 0 aliphatic carbocycles. The molecule has 1 rings (SSSR count). The molecule has 1 atom stereocenters. The van der Waals surface area contributed by atoms with Crippen molar-refractivity contribution in [2.75, 3.05) is 20.1 Å². The first-order valence-corrected chi connectivity index (χ1v) is 2.42. The average Bonchev–Trinajstić information content (AvgIpc) is 1.91. The van der Waals surface area contributed by atoms with Gasteiger partial charge in [0.2, 0.25) is 0 Å². The summed E-state index contributed by atoms with van der Waals surface area (Å²) in [5.74, 6) is 0. The summed E-state index contributed by atoms with van der Waals surface area (Å²) >= 11 is 0. The molecule has 0 amide bonds. The Morgan fingerprint density at radius 2 is 2.57 bits per heavy atom. The topological polar surface area (TPSA) is 35.5 Å². The van der Waals surface area contributed by atoms with E-state index < -0.39 is 6.35 Å². The maximum absolute atomic E-state index is 8.81. The van der Waals surface area contributed by atoms with Crippen LogP contribution in [0.5, 0.6) is 0 Å². The van der Waals surface area contributed by atoms with Crippen LogP contribution in [0.2, 0.25) is 0 Å². The largest absolute Gasteiger partial charge is 0.365 e. The summed E-state index contributed by atoms with van der Waals surface area (Å²) in [6, 6.07) is 0. The predicted octanol–water partition coefficient (Wildman–Crippen LogP) is -1.20. The highest BCUT2D eigenvalue weighted by Gasteiger charge is 2.14. The first kappa shape index (κ1) is 5.03. The van der Waals surface area contributed by atoms with E-state index in [1.807, 2.05) is 11.9 Å². The molecular weight excluding hydrogens is 92.1 g/mol. The van der Waals surface area contributed by atoms with Crippen molar-refractivity contribution >= 4 is 0 Å². The third kappa shape index (κ3) is 0.907. The van der Waals surface area contributed by atoms with Crippen molar-refractivity contribution in [2.45, 2.75) is 6.35 Å². The Morgan fingerprint density at radius 3 is 2.71 bits per heavy atom. The molecule has 1 fully saturated rings. The van der Waals surface area contributed by atoms with Gasteiger partial charge in [-0.05, 0) is 7.05 Å². The van der Waals surface area contributed by atoms with Gasteiger partial charge in [-0.1, -0.05) is 0 Å². The Morgan fingerprint density at radius 1 is 1.86 bits per heavy atom. The van der Waals surface area contributed by atoms with Crippen molar-refractivity contribution in [3.8, 4) is 0 Å². The van der Waals surface area contributed by atoms with Gasteiger partial charge < -0.3 is 5.11 Å². The molecule has 3 nitrogen and oxygen atoms in total. The molecule has 1 saturated heterocycles. The van der Waals surface area contributed by atoms with Crippen molar-refractivity contribution in [3.05, 3.63) is 0 Å². The number of rotatable bonds is 0. The van der Waals surface area contributed by atoms with Crippen LogP contribution in [0.25, 0.3) is 0 Å². The van der Waals surface area contributed by atoms with Gasteiger partial charge in [-0.25, -0.2) is 0 Å². The van der Waals surface area contributed by atoms with E-state index in [-0.39, 0.29) is 0 Å². The summed E-state index contributed by atoms with van der Waals surface area (Å²) in [4.78, 5) is 1.85. The summed E-state index contributed by atoms with van der Waals surface area (Å²) in [6.45, 7) is 1.85. The molecule has 7 heavy (non-hydrogen) atoms. The lowest BCUT2D eigenvalue weighted by molar-refractivity contribution is 0.0399. The van der Waals surface area contributed by atoms with Gasteiger partial charge in [0.05, 0.1) is 0 Å². The number of likely N-dealkylation sites (N-methyl/N-ethyl adjacent to an activating group) is 1. The molecule has 0 aromatic rings. The van der Waals surface area contributed by atoms with E-state index in [4.69, 9.17) is 5.11 Å². The minimum Gasteiger partial charge on any atom is -0.365 e. The molecule has 0 bridgehead atoms. The summed E-state index contributed by atoms with van der Waals surface area (Å²) in [6.07, 6.45) is -0.403. The van der Waals surface area contributed by atoms with Crippen LogP contribution in [0.3, 0.4) is 0 Å². The van der Waals surface area contributed by atoms with E-state index in [9.17, 15) is 0 Å². The van der Waals surface area contributed by atoms with E-state index >= 15 is 0 Å². The fraction of sp³-hybridized carbons (Fsp3) is 1.00. The normalized spacial score (nSPS) is 34.3. The van der Waals surface area contributed by atoms with Gasteiger partial charge in [-0.2, -0.15) is 0 Å². The smallest absolute Gasteiger partial charge is 0.162 e. The SMILES string of the molecule is CN1CCNC1O. The fourth-order valence-electron chi connectivity index (χ4n) is 0.648. The van der Waals surface area contributed by atoms with Crippen LogP contribution >= 0.6 is 0 Å². The van der Waals surface area contributed by atoms with Gasteiger partial charge in [0.15, 0.2) is 6.35 Å². The Hall–Kier alpha value is -0.120. The number of nitrogens with one attached hydrogen (secondary N) is 1. The molecular formula is C4H10N2O. The lowest BCUT2D eigenvalue weighted by atomic mass is 10.7. The molecule has 42 valence electrons. The first-order valence-electron chi connectivity index (χ1n) is 2.42. The molecule has 0 radical (unpaired) electrons. The zero-order chi connectivity index (χ0) is 5.28. The quantitative estimate of drug-likeness (QED) is 0.403. The van der Waals surface area contributed by atoms with E-state index in [0.717, 1.165) is 13.1 Å². The highest BCUT2D eigenvalue weighted by atomic mass is 16.3. The van der Waals surface area contributed by atoms with Gasteiger partial charge in [0.1, 0.15) is 0 Å². The van der Waals surface area contributed by atoms with Gasteiger partial charge in [0.25, 0.3) is 0 Å². The molecule has 1 aliphatic heterocycles. The molecule has 2 N–H and O–H groups in total. The molecule has 1 heterocycles. The second kappa shape index (κ2) is 1.78. The maximum Gasteiger partial charge on any atom is 0.162 e. The molecule has 0 aromatic heterocycles. The monoisotopic (exact) mass is 102 g/mol. The third-order valence-corrected chi connectivity index (χ3v) is 1.21. The molecule has 3 heteroatoms. The van der Waals surface area contributed by atoms with Crippen molar-refractivity contribution in [2.24, 2.45) is 0 Å². The van der Waals surface area contributed by atoms with Crippen molar-refractivity contribution in [3.63, 3.8) is 0 Å². The lowest BCUT2D eigenvalue weighted by Crippen LogP contribution is -2.31. The summed E-state index contributed by atoms with van der Waals surface area (Å²) in [5, 5.41) is 11.7. The second-order valence-electron chi connectivity index (χ2n) is 1.81. The minimum absolute atomic E-state index is 0.403. The highest BCUT2D eigenvalue weighted by Crippen LogP contribution is 1.92. The van der Waals surface area contributed by atoms with E-state index in [2.05, 4.69) is 5.32 Å². The number of aliphatic hydroxyl groups excluding tert-OH is 1. The van der Waals surface area contributed by atoms with Crippen LogP contribution in [0.1, 0.15) is 0 Å². The first-order chi connectivity index (χ1) is 3.30. The van der Waals surface area contributed by atoms with E-state index in [1.165, 1.54) is 0 Å². The number of hydrogen-bond acceptors (Lipinski definition) is 3. The molecule has 0 saturated carbocycles. The van der Waals surface area contributed by atoms with Crippen molar-refractivity contribution in [1.82, 2.24) is 10.2 Å². The van der Waals surface area contributed by atoms with Crippen molar-refractivity contribution in [1.29, 1.82) is 0 Å². The number of nitrogens with zero attached hydrogens (tertiary/aromatic N) is 1. The molecule has 1 unspecified atom stereocenters. The standard InChI is InChI=1S/C4H10N2O/c1-6-3-2-5-4(6)7/h4-5,7H,2-3H2,1H3. The van der Waals surface area contributed by atoms with Crippen LogP contribution in [-0.2, 0) is 0 Å². The van der Waals surface area contributed by atoms with Crippen LogP contribution in [0.15, 0.2) is 0 Å². The van der Waals surface area contributed by atoms with Gasteiger partial charge in [-0.3, -0.25) is 10.2 Å². The average molecular weight is 102 g/mol. The highest BCUT2D eigenvalue weighted by molar-refractivity contribution is 4.64. The Bertz CT molecular complexity index is 58.7. The lowest BCUT2D eigenvalue weighted by Gasteiger charge is -2.10. The van der Waals surface area contributed by atoms with Crippen molar-refractivity contribution < 1.29 is 5.11 Å². The van der Waals surface area contributed by atoms with Crippen LogP contribution in [0, 0.1) is 0 Å². The van der Waals surface area contributed by atoms with Crippen LogP contribution in [-0.4, -0.2) is 36.5 Å². The minimum atomic E-state index is -0.403. The third-order valence-electron chi connectivity index (χ3n) is 1.21. The van der Waals surface area contributed by atoms with Gasteiger partial charge in [0, 0.05) is 13.1 Å². The van der Waals surface area contributed by atoms with E-state index in [0.29, 0.717) is 0 Å². The second-order valence-corrected chi connectivity index (χ2v) is 1.81. The predicted molar refractivity (Wildman–Crippen MR) is 26.6 cm³/mol. The Balaban J connectivity index is 2.33. The van der Waals surface area contributed by atoms with Crippen LogP contribution < -0.4 is 5.32 Å². The Kier molecular flexibility index (Phi) is 1.27. The van der Waals surface area contributed by atoms with Gasteiger partial charge >= 0.3 is 0 Å². The Labute approximate surface area is 42.9 Å². The number of aliphatic hydroxyl groups is 1. The fourth-order valence-corrected chi connectivity index (χ4v) is 0.648. The van der Waals surface area contributed by atoms with E-state index in [1.54, 1.807) is 0 Å². The molecule has 0 aromatic carbocycles. The molecule has 0 spiro atoms. The van der Waals surface area contributed by atoms with Crippen LogP contribution in [0.4, 0.5) is 0 Å². The zero-order valence-corrected chi connectivity index (χ0v) is 4.39. The summed E-state index contributed by atoms with van der Waals surface area (Å²) in [5.41, 5.74) is 0. The summed E-state index contributed by atoms with van der Waals surface area (Å²) in [7, 11) is 1.88. The van der Waals surface area contributed by atoms with Gasteiger partial charge in [-0.15, -0.1) is 0 Å². The number of hydrogen-bond donors (Lipinski definition) is 2. The maximum atomic E-state index is 8.81. The zero-order valence-electron chi connectivity index (χ0n) is 4.39. The summed E-state index contributed by atoms with van der Waals surface area (Å²) < 4.78 is 0. The molecule has 1 aliphatic rings.